The molecular weight excluding hydrogens is 274 g/mol. The van der Waals surface area contributed by atoms with E-state index in [0.717, 1.165) is 18.7 Å². The summed E-state index contributed by atoms with van der Waals surface area (Å²) < 4.78 is 25.4. The molecular formula is C14H17N3O2S. The minimum atomic E-state index is -3.36. The van der Waals surface area contributed by atoms with Crippen LogP contribution in [0.15, 0.2) is 53.7 Å². The number of pyridine rings is 1. The molecule has 0 radical (unpaired) electrons. The van der Waals surface area contributed by atoms with Crippen molar-refractivity contribution in [2.45, 2.75) is 11.3 Å². The minimum absolute atomic E-state index is 0.264. The number of sulfonamides is 1. The van der Waals surface area contributed by atoms with Gasteiger partial charge in [-0.05, 0) is 55.4 Å². The van der Waals surface area contributed by atoms with E-state index in [1.54, 1.807) is 36.7 Å². The zero-order valence-corrected chi connectivity index (χ0v) is 12.0. The van der Waals surface area contributed by atoms with Crippen LogP contribution in [0.2, 0.25) is 0 Å². The fraction of sp³-hybridized carbons (Fsp3) is 0.214. The highest BCUT2D eigenvalue weighted by Crippen LogP contribution is 2.13. The monoisotopic (exact) mass is 291 g/mol. The van der Waals surface area contributed by atoms with Crippen molar-refractivity contribution >= 4 is 15.7 Å². The second kappa shape index (κ2) is 6.49. The van der Waals surface area contributed by atoms with E-state index in [0.29, 0.717) is 0 Å². The number of hydrogen-bond donors (Lipinski definition) is 2. The normalized spacial score (nSPS) is 11.2. The maximum Gasteiger partial charge on any atom is 0.240 e. The molecule has 0 unspecified atom stereocenters. The summed E-state index contributed by atoms with van der Waals surface area (Å²) in [6, 6.07) is 10.6. The van der Waals surface area contributed by atoms with Gasteiger partial charge in [-0.2, -0.15) is 0 Å². The molecule has 1 aromatic carbocycles. The first-order chi connectivity index (χ1) is 9.62. The molecule has 0 amide bonds. The van der Waals surface area contributed by atoms with E-state index in [1.807, 2.05) is 12.1 Å². The summed E-state index contributed by atoms with van der Waals surface area (Å²) in [7, 11) is -1.96. The molecule has 0 fully saturated rings. The molecule has 106 valence electrons. The Kier molecular flexibility index (Phi) is 4.70. The largest absolute Gasteiger partial charge is 0.385 e. The molecule has 0 aliphatic carbocycles. The molecule has 0 saturated heterocycles. The third-order valence-corrected chi connectivity index (χ3v) is 4.36. The predicted octanol–water partition coefficient (Wildman–Crippen LogP) is 1.64. The van der Waals surface area contributed by atoms with Crippen LogP contribution in [0.25, 0.3) is 0 Å². The summed E-state index contributed by atoms with van der Waals surface area (Å²) in [5.74, 6) is 0. The van der Waals surface area contributed by atoms with Crippen molar-refractivity contribution in [3.63, 3.8) is 0 Å². The summed E-state index contributed by atoms with van der Waals surface area (Å²) in [6.07, 6.45) is 4.43. The van der Waals surface area contributed by atoms with Gasteiger partial charge >= 0.3 is 0 Å². The average Bonchev–Trinajstić information content (AvgIpc) is 2.49. The van der Waals surface area contributed by atoms with Gasteiger partial charge in [0.1, 0.15) is 0 Å². The van der Waals surface area contributed by atoms with Crippen molar-refractivity contribution in [3.05, 3.63) is 54.4 Å². The second-order valence-corrected chi connectivity index (χ2v) is 6.15. The lowest BCUT2D eigenvalue weighted by molar-refractivity contribution is 0.588. The summed E-state index contributed by atoms with van der Waals surface area (Å²) in [5, 5.41) is 3.25. The third-order valence-electron chi connectivity index (χ3n) is 2.93. The van der Waals surface area contributed by atoms with Crippen molar-refractivity contribution < 1.29 is 8.42 Å². The van der Waals surface area contributed by atoms with Crippen molar-refractivity contribution in [3.8, 4) is 0 Å². The average molecular weight is 291 g/mol. The van der Waals surface area contributed by atoms with Gasteiger partial charge in [-0.1, -0.05) is 0 Å². The molecule has 0 bridgehead atoms. The Balaban J connectivity index is 1.92. The number of nitrogens with one attached hydrogen (secondary N) is 2. The number of benzene rings is 1. The van der Waals surface area contributed by atoms with Crippen molar-refractivity contribution in [1.82, 2.24) is 9.71 Å². The highest BCUT2D eigenvalue weighted by Gasteiger charge is 2.09. The van der Waals surface area contributed by atoms with Crippen LogP contribution in [0.3, 0.4) is 0 Å². The maximum atomic E-state index is 11.6. The number of aromatic nitrogens is 1. The van der Waals surface area contributed by atoms with E-state index in [9.17, 15) is 8.42 Å². The molecule has 0 saturated carbocycles. The number of rotatable bonds is 6. The summed E-state index contributed by atoms with van der Waals surface area (Å²) in [4.78, 5) is 4.23. The molecule has 1 aromatic heterocycles. The molecule has 0 aliphatic heterocycles. The van der Waals surface area contributed by atoms with Crippen LogP contribution in [0.5, 0.6) is 0 Å². The Bertz CT molecular complexity index is 640. The summed E-state index contributed by atoms with van der Waals surface area (Å²) in [5.41, 5.74) is 2.11. The highest BCUT2D eigenvalue weighted by atomic mass is 32.2. The molecule has 0 aliphatic rings. The maximum absolute atomic E-state index is 11.6. The van der Waals surface area contributed by atoms with Gasteiger partial charge in [0.25, 0.3) is 0 Å². The van der Waals surface area contributed by atoms with Crippen molar-refractivity contribution in [1.29, 1.82) is 0 Å². The van der Waals surface area contributed by atoms with E-state index in [1.165, 1.54) is 12.6 Å². The van der Waals surface area contributed by atoms with Crippen LogP contribution in [0.4, 0.5) is 5.69 Å². The standard InChI is InChI=1S/C14H17N3O2S/c1-15-20(18,19)14-4-2-13(3-5-14)17-11-8-12-6-9-16-10-7-12/h2-7,9-10,15,17H,8,11H2,1H3. The van der Waals surface area contributed by atoms with Gasteiger partial charge in [0.2, 0.25) is 10.0 Å². The van der Waals surface area contributed by atoms with Gasteiger partial charge in [-0.25, -0.2) is 13.1 Å². The number of anilines is 1. The summed E-state index contributed by atoms with van der Waals surface area (Å²) in [6.45, 7) is 0.780. The summed E-state index contributed by atoms with van der Waals surface area (Å²) >= 11 is 0. The van der Waals surface area contributed by atoms with Gasteiger partial charge in [0.15, 0.2) is 0 Å². The first-order valence-electron chi connectivity index (χ1n) is 6.28. The lowest BCUT2D eigenvalue weighted by atomic mass is 10.2. The Morgan fingerprint density at radius 1 is 1.05 bits per heavy atom. The molecule has 2 aromatic rings. The lowest BCUT2D eigenvalue weighted by Gasteiger charge is -2.08. The van der Waals surface area contributed by atoms with Crippen LogP contribution < -0.4 is 10.0 Å². The first kappa shape index (κ1) is 14.5. The van der Waals surface area contributed by atoms with Crippen LogP contribution in [-0.4, -0.2) is 27.0 Å². The highest BCUT2D eigenvalue weighted by molar-refractivity contribution is 7.89. The topological polar surface area (TPSA) is 71.1 Å². The smallest absolute Gasteiger partial charge is 0.240 e. The zero-order chi connectivity index (χ0) is 14.4. The lowest BCUT2D eigenvalue weighted by Crippen LogP contribution is -2.18. The Labute approximate surface area is 119 Å². The second-order valence-electron chi connectivity index (χ2n) is 4.26. The fourth-order valence-corrected chi connectivity index (χ4v) is 2.50. The predicted molar refractivity (Wildman–Crippen MR) is 79.1 cm³/mol. The molecule has 5 nitrogen and oxygen atoms in total. The Morgan fingerprint density at radius 3 is 2.30 bits per heavy atom. The molecule has 6 heteroatoms. The Hall–Kier alpha value is -1.92. The van der Waals surface area contributed by atoms with Gasteiger partial charge in [0.05, 0.1) is 4.90 Å². The SMILES string of the molecule is CNS(=O)(=O)c1ccc(NCCc2ccncc2)cc1. The molecule has 2 N–H and O–H groups in total. The van der Waals surface area contributed by atoms with Crippen molar-refractivity contribution in [2.75, 3.05) is 18.9 Å². The zero-order valence-electron chi connectivity index (χ0n) is 11.2. The van der Waals surface area contributed by atoms with Crippen LogP contribution >= 0.6 is 0 Å². The first-order valence-corrected chi connectivity index (χ1v) is 7.76. The van der Waals surface area contributed by atoms with Crippen LogP contribution in [-0.2, 0) is 16.4 Å². The van der Waals surface area contributed by atoms with E-state index in [2.05, 4.69) is 15.0 Å². The van der Waals surface area contributed by atoms with Crippen LogP contribution in [0.1, 0.15) is 5.56 Å². The van der Waals surface area contributed by atoms with E-state index >= 15 is 0 Å². The quantitative estimate of drug-likeness (QED) is 0.849. The molecule has 20 heavy (non-hydrogen) atoms. The van der Waals surface area contributed by atoms with Crippen molar-refractivity contribution in [2.24, 2.45) is 0 Å². The third kappa shape index (κ3) is 3.79. The molecule has 2 rings (SSSR count). The van der Waals surface area contributed by atoms with Gasteiger partial charge in [-0.3, -0.25) is 4.98 Å². The molecule has 0 spiro atoms. The van der Waals surface area contributed by atoms with E-state index in [4.69, 9.17) is 0 Å². The van der Waals surface area contributed by atoms with E-state index in [-0.39, 0.29) is 4.90 Å². The fourth-order valence-electron chi connectivity index (χ4n) is 1.77. The molecule has 1 heterocycles. The van der Waals surface area contributed by atoms with Crippen LogP contribution in [0, 0.1) is 0 Å². The van der Waals surface area contributed by atoms with E-state index < -0.39 is 10.0 Å². The number of hydrogen-bond acceptors (Lipinski definition) is 4. The molecule has 0 atom stereocenters. The minimum Gasteiger partial charge on any atom is -0.385 e. The van der Waals surface area contributed by atoms with Gasteiger partial charge in [0, 0.05) is 24.6 Å². The van der Waals surface area contributed by atoms with Gasteiger partial charge in [-0.15, -0.1) is 0 Å². The number of nitrogens with zero attached hydrogens (tertiary/aromatic N) is 1. The van der Waals surface area contributed by atoms with Gasteiger partial charge < -0.3 is 5.32 Å². The Morgan fingerprint density at radius 2 is 1.70 bits per heavy atom.